The SMILES string of the molecule is CN1CCC(CC(=O)N2CCN([C@H]3c4ccc(Cl)cc4CCc4cccnc43)CC2)CC1. The van der Waals surface area contributed by atoms with Crippen molar-refractivity contribution >= 4 is 17.5 Å². The van der Waals surface area contributed by atoms with Gasteiger partial charge in [0.25, 0.3) is 0 Å². The van der Waals surface area contributed by atoms with E-state index in [-0.39, 0.29) is 6.04 Å². The van der Waals surface area contributed by atoms with Gasteiger partial charge in [-0.25, -0.2) is 0 Å². The molecule has 2 aliphatic heterocycles. The van der Waals surface area contributed by atoms with Crippen LogP contribution in [-0.2, 0) is 17.6 Å². The lowest BCUT2D eigenvalue weighted by atomic mass is 9.93. The molecule has 6 heteroatoms. The molecule has 5 nitrogen and oxygen atoms in total. The molecule has 32 heavy (non-hydrogen) atoms. The number of carbonyl (C=O) groups is 1. The lowest BCUT2D eigenvalue weighted by Gasteiger charge is -2.40. The van der Waals surface area contributed by atoms with Gasteiger partial charge in [0.1, 0.15) is 0 Å². The van der Waals surface area contributed by atoms with Crippen molar-refractivity contribution in [3.05, 3.63) is 63.9 Å². The standard InChI is InChI=1S/C26H33ClN4O/c1-29-11-8-19(9-12-29)17-24(32)30-13-15-31(16-14-30)26-23-7-6-22(27)18-21(23)5-4-20-3-2-10-28-25(20)26/h2-3,6-7,10,18-19,26H,4-5,8-9,11-17H2,1H3/t26-/m0/s1. The minimum atomic E-state index is 0.132. The van der Waals surface area contributed by atoms with Gasteiger partial charge in [0, 0.05) is 43.8 Å². The Bertz CT molecular complexity index is 964. The number of nitrogens with zero attached hydrogens (tertiary/aromatic N) is 4. The summed E-state index contributed by atoms with van der Waals surface area (Å²) in [6, 6.07) is 10.7. The van der Waals surface area contributed by atoms with E-state index < -0.39 is 0 Å². The highest BCUT2D eigenvalue weighted by Crippen LogP contribution is 2.37. The van der Waals surface area contributed by atoms with Gasteiger partial charge in [-0.3, -0.25) is 14.7 Å². The molecule has 0 unspecified atom stereocenters. The summed E-state index contributed by atoms with van der Waals surface area (Å²) in [5, 5.41) is 0.797. The maximum absolute atomic E-state index is 13.0. The molecule has 5 rings (SSSR count). The molecule has 1 aromatic heterocycles. The quantitative estimate of drug-likeness (QED) is 0.710. The molecule has 2 fully saturated rings. The van der Waals surface area contributed by atoms with Crippen molar-refractivity contribution in [2.24, 2.45) is 5.92 Å². The van der Waals surface area contributed by atoms with Crippen molar-refractivity contribution < 1.29 is 4.79 Å². The number of piperazine rings is 1. The Balaban J connectivity index is 1.30. The molecule has 2 aromatic rings. The Morgan fingerprint density at radius 1 is 1.03 bits per heavy atom. The van der Waals surface area contributed by atoms with Gasteiger partial charge in [0.15, 0.2) is 0 Å². The molecule has 3 heterocycles. The van der Waals surface area contributed by atoms with E-state index in [0.29, 0.717) is 18.2 Å². The highest BCUT2D eigenvalue weighted by molar-refractivity contribution is 6.30. The number of hydrogen-bond donors (Lipinski definition) is 0. The highest BCUT2D eigenvalue weighted by Gasteiger charge is 2.33. The predicted octanol–water partition coefficient (Wildman–Crippen LogP) is 3.80. The fourth-order valence-corrected chi connectivity index (χ4v) is 5.82. The first-order chi connectivity index (χ1) is 15.6. The molecule has 0 bridgehead atoms. The summed E-state index contributed by atoms with van der Waals surface area (Å²) in [5.74, 6) is 0.886. The number of carbonyl (C=O) groups excluding carboxylic acids is 1. The highest BCUT2D eigenvalue weighted by atomic mass is 35.5. The van der Waals surface area contributed by atoms with Crippen LogP contribution in [0.2, 0.25) is 5.02 Å². The second kappa shape index (κ2) is 9.50. The van der Waals surface area contributed by atoms with Gasteiger partial charge >= 0.3 is 0 Å². The lowest BCUT2D eigenvalue weighted by molar-refractivity contribution is -0.134. The number of piperidine rings is 1. The van der Waals surface area contributed by atoms with Gasteiger partial charge in [-0.15, -0.1) is 0 Å². The molecule has 0 spiro atoms. The molecule has 1 aromatic carbocycles. The normalized spacial score (nSPS) is 22.8. The van der Waals surface area contributed by atoms with Crippen LogP contribution >= 0.6 is 11.6 Å². The van der Waals surface area contributed by atoms with Crippen molar-refractivity contribution in [3.63, 3.8) is 0 Å². The van der Waals surface area contributed by atoms with E-state index in [9.17, 15) is 4.79 Å². The van der Waals surface area contributed by atoms with E-state index >= 15 is 0 Å². The van der Waals surface area contributed by atoms with Gasteiger partial charge in [-0.2, -0.15) is 0 Å². The summed E-state index contributed by atoms with van der Waals surface area (Å²) in [4.78, 5) is 24.8. The number of pyridine rings is 1. The summed E-state index contributed by atoms with van der Waals surface area (Å²) in [7, 11) is 2.17. The van der Waals surface area contributed by atoms with Gasteiger partial charge in [0.05, 0.1) is 11.7 Å². The fourth-order valence-electron chi connectivity index (χ4n) is 5.62. The summed E-state index contributed by atoms with van der Waals surface area (Å²) in [6.07, 6.45) is 6.89. The predicted molar refractivity (Wildman–Crippen MR) is 128 cm³/mol. The summed E-state index contributed by atoms with van der Waals surface area (Å²) in [6.45, 7) is 5.58. The molecule has 170 valence electrons. The van der Waals surface area contributed by atoms with Crippen molar-refractivity contribution in [3.8, 4) is 0 Å². The van der Waals surface area contributed by atoms with Crippen LogP contribution in [-0.4, -0.2) is 71.9 Å². The smallest absolute Gasteiger partial charge is 0.222 e. The second-order valence-electron chi connectivity index (χ2n) is 9.66. The first kappa shape index (κ1) is 21.9. The van der Waals surface area contributed by atoms with E-state index in [4.69, 9.17) is 16.6 Å². The minimum absolute atomic E-state index is 0.132. The van der Waals surface area contributed by atoms with Crippen LogP contribution in [0.5, 0.6) is 0 Å². The first-order valence-corrected chi connectivity index (χ1v) is 12.4. The number of rotatable bonds is 3. The van der Waals surface area contributed by atoms with Crippen molar-refractivity contribution in [2.45, 2.75) is 38.1 Å². The molecule has 2 saturated heterocycles. The van der Waals surface area contributed by atoms with E-state index in [1.54, 1.807) is 0 Å². The van der Waals surface area contributed by atoms with E-state index in [2.05, 4.69) is 39.9 Å². The number of likely N-dealkylation sites (tertiary alicyclic amines) is 1. The average molecular weight is 453 g/mol. The largest absolute Gasteiger partial charge is 0.340 e. The number of halogens is 1. The van der Waals surface area contributed by atoms with Crippen LogP contribution in [0.1, 0.15) is 47.7 Å². The minimum Gasteiger partial charge on any atom is -0.340 e. The molecule has 0 radical (unpaired) electrons. The first-order valence-electron chi connectivity index (χ1n) is 12.0. The third-order valence-corrected chi connectivity index (χ3v) is 7.82. The van der Waals surface area contributed by atoms with Crippen LogP contribution in [0.15, 0.2) is 36.5 Å². The van der Waals surface area contributed by atoms with Crippen LogP contribution in [0.3, 0.4) is 0 Å². The molecular weight excluding hydrogens is 420 g/mol. The average Bonchev–Trinajstić information content (AvgIpc) is 2.97. The Morgan fingerprint density at radius 3 is 2.56 bits per heavy atom. The summed E-state index contributed by atoms with van der Waals surface area (Å²) >= 11 is 6.34. The maximum atomic E-state index is 13.0. The van der Waals surface area contributed by atoms with Gasteiger partial charge in [-0.05, 0) is 86.6 Å². The summed E-state index contributed by atoms with van der Waals surface area (Å²) in [5.41, 5.74) is 5.13. The number of fused-ring (bicyclic) bond motifs is 2. The van der Waals surface area contributed by atoms with Crippen molar-refractivity contribution in [2.75, 3.05) is 46.3 Å². The van der Waals surface area contributed by atoms with Crippen LogP contribution in [0.4, 0.5) is 0 Å². The third kappa shape index (κ3) is 4.57. The zero-order valence-corrected chi connectivity index (χ0v) is 19.7. The monoisotopic (exact) mass is 452 g/mol. The Kier molecular flexibility index (Phi) is 6.49. The summed E-state index contributed by atoms with van der Waals surface area (Å²) < 4.78 is 0. The number of amides is 1. The molecule has 0 N–H and O–H groups in total. The second-order valence-corrected chi connectivity index (χ2v) is 10.1. The maximum Gasteiger partial charge on any atom is 0.222 e. The Labute approximate surface area is 196 Å². The van der Waals surface area contributed by atoms with Crippen LogP contribution < -0.4 is 0 Å². The molecule has 1 atom stereocenters. The number of aryl methyl sites for hydroxylation is 2. The van der Waals surface area contributed by atoms with Gasteiger partial charge < -0.3 is 9.80 Å². The van der Waals surface area contributed by atoms with E-state index in [0.717, 1.165) is 70.0 Å². The molecule has 3 aliphatic rings. The van der Waals surface area contributed by atoms with Crippen LogP contribution in [0, 0.1) is 5.92 Å². The van der Waals surface area contributed by atoms with E-state index in [1.807, 2.05) is 18.3 Å². The molecule has 1 amide bonds. The number of hydrogen-bond acceptors (Lipinski definition) is 4. The van der Waals surface area contributed by atoms with Crippen molar-refractivity contribution in [1.82, 2.24) is 19.7 Å². The Hall–Kier alpha value is -1.95. The molecular formula is C26H33ClN4O. The van der Waals surface area contributed by atoms with E-state index in [1.165, 1.54) is 22.4 Å². The molecule has 0 saturated carbocycles. The molecule has 1 aliphatic carbocycles. The van der Waals surface area contributed by atoms with Gasteiger partial charge in [0.2, 0.25) is 5.91 Å². The number of aromatic nitrogens is 1. The zero-order chi connectivity index (χ0) is 22.1. The zero-order valence-electron chi connectivity index (χ0n) is 19.0. The fraction of sp³-hybridized carbons (Fsp3) is 0.538. The van der Waals surface area contributed by atoms with Crippen molar-refractivity contribution in [1.29, 1.82) is 0 Å². The Morgan fingerprint density at radius 2 is 1.78 bits per heavy atom. The lowest BCUT2D eigenvalue weighted by Crippen LogP contribution is -2.50. The topological polar surface area (TPSA) is 39.7 Å². The third-order valence-electron chi connectivity index (χ3n) is 7.58. The van der Waals surface area contributed by atoms with Crippen LogP contribution in [0.25, 0.3) is 0 Å². The van der Waals surface area contributed by atoms with Gasteiger partial charge in [-0.1, -0.05) is 23.7 Å². The number of benzene rings is 1.